The van der Waals surface area contributed by atoms with Gasteiger partial charge in [-0.15, -0.1) is 0 Å². The molecule has 7 nitrogen and oxygen atoms in total. The highest BCUT2D eigenvalue weighted by Gasteiger charge is 2.22. The lowest BCUT2D eigenvalue weighted by atomic mass is 10.1. The van der Waals surface area contributed by atoms with Gasteiger partial charge in [0.15, 0.2) is 0 Å². The summed E-state index contributed by atoms with van der Waals surface area (Å²) in [6, 6.07) is 7.57. The van der Waals surface area contributed by atoms with Crippen molar-refractivity contribution in [3.63, 3.8) is 0 Å². The van der Waals surface area contributed by atoms with Crippen LogP contribution in [0.3, 0.4) is 0 Å². The Morgan fingerprint density at radius 3 is 2.67 bits per heavy atom. The molecule has 0 unspecified atom stereocenters. The number of carboxylic acid groups (broad SMARTS) is 1. The van der Waals surface area contributed by atoms with Crippen LogP contribution < -0.4 is 11.1 Å². The van der Waals surface area contributed by atoms with Crippen LogP contribution in [0.25, 0.3) is 10.9 Å². The van der Waals surface area contributed by atoms with Crippen molar-refractivity contribution in [2.75, 3.05) is 0 Å². The molecule has 1 heterocycles. The molecular formula is C14H13N3O4. The minimum absolute atomic E-state index is 0.227. The van der Waals surface area contributed by atoms with E-state index in [9.17, 15) is 14.4 Å². The van der Waals surface area contributed by atoms with Crippen LogP contribution in [0.2, 0.25) is 0 Å². The molecule has 2 rings (SSSR count). The Hall–Kier alpha value is -2.96. The lowest BCUT2D eigenvalue weighted by Crippen LogP contribution is -2.45. The second kappa shape index (κ2) is 6.00. The van der Waals surface area contributed by atoms with Crippen LogP contribution in [0.4, 0.5) is 0 Å². The number of carbonyl (C=O) groups is 3. The maximum Gasteiger partial charge on any atom is 0.305 e. The van der Waals surface area contributed by atoms with Crippen LogP contribution in [0.1, 0.15) is 16.8 Å². The largest absolute Gasteiger partial charge is 0.481 e. The fourth-order valence-corrected chi connectivity index (χ4v) is 1.83. The van der Waals surface area contributed by atoms with Crippen molar-refractivity contribution >= 4 is 28.7 Å². The molecule has 108 valence electrons. The van der Waals surface area contributed by atoms with Gasteiger partial charge in [0.1, 0.15) is 6.04 Å². The number of amides is 2. The first-order valence-corrected chi connectivity index (χ1v) is 6.14. The highest BCUT2D eigenvalue weighted by Crippen LogP contribution is 2.12. The number of aromatic nitrogens is 1. The molecule has 1 aromatic heterocycles. The summed E-state index contributed by atoms with van der Waals surface area (Å²) < 4.78 is 0. The van der Waals surface area contributed by atoms with E-state index in [0.29, 0.717) is 0 Å². The molecule has 0 aliphatic heterocycles. The molecule has 0 aliphatic rings. The van der Waals surface area contributed by atoms with E-state index in [-0.39, 0.29) is 5.56 Å². The van der Waals surface area contributed by atoms with Crippen LogP contribution in [-0.4, -0.2) is 33.9 Å². The molecular weight excluding hydrogens is 274 g/mol. The number of carboxylic acids is 1. The summed E-state index contributed by atoms with van der Waals surface area (Å²) >= 11 is 0. The monoisotopic (exact) mass is 287 g/mol. The Labute approximate surface area is 119 Å². The van der Waals surface area contributed by atoms with E-state index < -0.39 is 30.2 Å². The van der Waals surface area contributed by atoms with Gasteiger partial charge in [-0.1, -0.05) is 18.2 Å². The zero-order chi connectivity index (χ0) is 15.4. The molecule has 0 bridgehead atoms. The van der Waals surface area contributed by atoms with Crippen molar-refractivity contribution in [2.24, 2.45) is 5.73 Å². The highest BCUT2D eigenvalue weighted by molar-refractivity contribution is 6.00. The lowest BCUT2D eigenvalue weighted by Gasteiger charge is -2.13. The minimum atomic E-state index is -1.26. The third-order valence-electron chi connectivity index (χ3n) is 2.88. The van der Waals surface area contributed by atoms with E-state index in [1.54, 1.807) is 18.2 Å². The number of para-hydroxylation sites is 1. The Balaban J connectivity index is 2.20. The molecule has 7 heteroatoms. The van der Waals surface area contributed by atoms with Crippen molar-refractivity contribution in [3.05, 3.63) is 42.1 Å². The number of hydrogen-bond donors (Lipinski definition) is 3. The predicted molar refractivity (Wildman–Crippen MR) is 74.4 cm³/mol. The van der Waals surface area contributed by atoms with Crippen molar-refractivity contribution in [3.8, 4) is 0 Å². The van der Waals surface area contributed by atoms with Crippen molar-refractivity contribution in [1.29, 1.82) is 0 Å². The number of benzene rings is 1. The summed E-state index contributed by atoms with van der Waals surface area (Å²) in [5.41, 5.74) is 6.02. The molecule has 4 N–H and O–H groups in total. The number of nitrogens with two attached hydrogens (primary N) is 1. The zero-order valence-corrected chi connectivity index (χ0v) is 10.9. The lowest BCUT2D eigenvalue weighted by molar-refractivity contribution is -0.139. The Morgan fingerprint density at radius 1 is 1.29 bits per heavy atom. The molecule has 1 atom stereocenters. The van der Waals surface area contributed by atoms with E-state index in [1.165, 1.54) is 6.20 Å². The van der Waals surface area contributed by atoms with Crippen molar-refractivity contribution in [1.82, 2.24) is 10.3 Å². The number of rotatable bonds is 5. The van der Waals surface area contributed by atoms with Crippen LogP contribution in [0, 0.1) is 0 Å². The van der Waals surface area contributed by atoms with Crippen molar-refractivity contribution in [2.45, 2.75) is 12.5 Å². The Morgan fingerprint density at radius 2 is 2.00 bits per heavy atom. The number of nitrogens with one attached hydrogen (secondary N) is 1. The average molecular weight is 287 g/mol. The number of fused-ring (bicyclic) bond motifs is 1. The summed E-state index contributed by atoms with van der Waals surface area (Å²) in [5, 5.41) is 11.7. The van der Waals surface area contributed by atoms with Crippen molar-refractivity contribution < 1.29 is 19.5 Å². The number of pyridine rings is 1. The smallest absolute Gasteiger partial charge is 0.305 e. The summed E-state index contributed by atoms with van der Waals surface area (Å²) in [6.45, 7) is 0. The quantitative estimate of drug-likeness (QED) is 0.729. The standard InChI is InChI=1S/C14H13N3O4/c15-13(20)11(6-12(18)19)17-14(21)9-5-8-3-1-2-4-10(8)16-7-9/h1-5,7,11H,6H2,(H2,15,20)(H,17,21)(H,18,19)/t11-/m0/s1. The van der Waals surface area contributed by atoms with Gasteiger partial charge in [0.2, 0.25) is 5.91 Å². The number of nitrogens with zero attached hydrogens (tertiary/aromatic N) is 1. The first-order chi connectivity index (χ1) is 9.97. The van der Waals surface area contributed by atoms with Crippen LogP contribution >= 0.6 is 0 Å². The summed E-state index contributed by atoms with van der Waals surface area (Å²) in [6.07, 6.45) is 0.790. The van der Waals surface area contributed by atoms with E-state index in [4.69, 9.17) is 10.8 Å². The molecule has 0 saturated carbocycles. The van der Waals surface area contributed by atoms with Gasteiger partial charge in [-0.25, -0.2) is 0 Å². The van der Waals surface area contributed by atoms with E-state index >= 15 is 0 Å². The van der Waals surface area contributed by atoms with Gasteiger partial charge in [-0.2, -0.15) is 0 Å². The number of hydrogen-bond acceptors (Lipinski definition) is 4. The van der Waals surface area contributed by atoms with Crippen LogP contribution in [0.15, 0.2) is 36.5 Å². The van der Waals surface area contributed by atoms with Gasteiger partial charge in [-0.3, -0.25) is 19.4 Å². The number of carbonyl (C=O) groups excluding carboxylic acids is 2. The number of aliphatic carboxylic acids is 1. The Kier molecular flexibility index (Phi) is 4.13. The van der Waals surface area contributed by atoms with E-state index in [1.807, 2.05) is 12.1 Å². The normalized spacial score (nSPS) is 11.8. The summed E-state index contributed by atoms with van der Waals surface area (Å²) in [7, 11) is 0. The second-order valence-electron chi connectivity index (χ2n) is 4.44. The maximum absolute atomic E-state index is 12.0. The summed E-state index contributed by atoms with van der Waals surface area (Å²) in [4.78, 5) is 37.9. The third-order valence-corrected chi connectivity index (χ3v) is 2.88. The second-order valence-corrected chi connectivity index (χ2v) is 4.44. The zero-order valence-electron chi connectivity index (χ0n) is 10.9. The molecule has 0 saturated heterocycles. The molecule has 0 aliphatic carbocycles. The first kappa shape index (κ1) is 14.4. The topological polar surface area (TPSA) is 122 Å². The summed E-state index contributed by atoms with van der Waals surface area (Å²) in [5.74, 6) is -2.73. The molecule has 0 spiro atoms. The molecule has 2 amide bonds. The van der Waals surface area contributed by atoms with Gasteiger partial charge >= 0.3 is 5.97 Å². The Bertz CT molecular complexity index is 714. The van der Waals surface area contributed by atoms with Crippen LogP contribution in [-0.2, 0) is 9.59 Å². The van der Waals surface area contributed by atoms with Gasteiger partial charge in [0.05, 0.1) is 17.5 Å². The molecule has 21 heavy (non-hydrogen) atoms. The predicted octanol–water partition coefficient (Wildman–Crippen LogP) is 0.293. The molecule has 0 fully saturated rings. The minimum Gasteiger partial charge on any atom is -0.481 e. The van der Waals surface area contributed by atoms with Gasteiger partial charge < -0.3 is 16.2 Å². The fraction of sp³-hybridized carbons (Fsp3) is 0.143. The van der Waals surface area contributed by atoms with Gasteiger partial charge in [0.25, 0.3) is 5.91 Å². The first-order valence-electron chi connectivity index (χ1n) is 6.14. The molecule has 1 aromatic carbocycles. The average Bonchev–Trinajstić information content (AvgIpc) is 2.45. The van der Waals surface area contributed by atoms with Crippen LogP contribution in [0.5, 0.6) is 0 Å². The number of primary amides is 1. The third kappa shape index (κ3) is 3.53. The molecule has 2 aromatic rings. The fourth-order valence-electron chi connectivity index (χ4n) is 1.83. The SMILES string of the molecule is NC(=O)[C@H](CC(=O)O)NC(=O)c1cnc2ccccc2c1. The van der Waals surface area contributed by atoms with E-state index in [0.717, 1.165) is 10.9 Å². The van der Waals surface area contributed by atoms with E-state index in [2.05, 4.69) is 10.3 Å². The molecule has 0 radical (unpaired) electrons. The highest BCUT2D eigenvalue weighted by atomic mass is 16.4. The van der Waals surface area contributed by atoms with Gasteiger partial charge in [0, 0.05) is 11.6 Å². The maximum atomic E-state index is 12.0. The van der Waals surface area contributed by atoms with Gasteiger partial charge in [-0.05, 0) is 12.1 Å².